The average molecular weight is 268 g/mol. The molecule has 0 saturated heterocycles. The van der Waals surface area contributed by atoms with Gasteiger partial charge in [-0.1, -0.05) is 33.3 Å². The van der Waals surface area contributed by atoms with Crippen LogP contribution in [0.1, 0.15) is 0 Å². The molecule has 5 heteroatoms. The van der Waals surface area contributed by atoms with Gasteiger partial charge in [0.1, 0.15) is 0 Å². The summed E-state index contributed by atoms with van der Waals surface area (Å²) < 4.78 is 2.69. The van der Waals surface area contributed by atoms with Gasteiger partial charge < -0.3 is 5.11 Å². The molecule has 0 aliphatic heterocycles. The molecule has 0 fully saturated rings. The number of rotatable bonds is 3. The van der Waals surface area contributed by atoms with Crippen LogP contribution in [0.25, 0.3) is 11.3 Å². The highest BCUT2D eigenvalue weighted by atomic mass is 79.9. The summed E-state index contributed by atoms with van der Waals surface area (Å²) in [4.78, 5) is 0. The Bertz CT molecular complexity index is 455. The Hall–Kier alpha value is -1.20. The predicted molar refractivity (Wildman–Crippen MR) is 60.2 cm³/mol. The lowest BCUT2D eigenvalue weighted by Crippen LogP contribution is -2.05. The first-order valence-electron chi connectivity index (χ1n) is 4.56. The summed E-state index contributed by atoms with van der Waals surface area (Å²) in [6, 6.07) is 7.89. The molecule has 15 heavy (non-hydrogen) atoms. The second kappa shape index (κ2) is 4.55. The van der Waals surface area contributed by atoms with Crippen molar-refractivity contribution in [3.63, 3.8) is 0 Å². The molecular formula is C10H10BrN3O. The molecule has 0 bridgehead atoms. The molecule has 1 N–H and O–H groups in total. The Labute approximate surface area is 95.7 Å². The molecule has 0 spiro atoms. The molecular weight excluding hydrogens is 258 g/mol. The van der Waals surface area contributed by atoms with Gasteiger partial charge in [0.25, 0.3) is 0 Å². The molecule has 0 atom stereocenters. The summed E-state index contributed by atoms with van der Waals surface area (Å²) in [6.45, 7) is 0.520. The Morgan fingerprint density at radius 1 is 1.40 bits per heavy atom. The molecule has 1 aromatic heterocycles. The molecule has 2 aromatic rings. The zero-order chi connectivity index (χ0) is 10.7. The third-order valence-corrected chi connectivity index (χ3v) is 2.54. The average Bonchev–Trinajstić information content (AvgIpc) is 2.66. The van der Waals surface area contributed by atoms with Crippen molar-refractivity contribution in [1.82, 2.24) is 15.0 Å². The number of hydrogen-bond acceptors (Lipinski definition) is 3. The maximum atomic E-state index is 8.87. The lowest BCUT2D eigenvalue weighted by Gasteiger charge is -2.04. The van der Waals surface area contributed by atoms with Gasteiger partial charge in [0.15, 0.2) is 0 Å². The minimum Gasteiger partial charge on any atom is -0.394 e. The van der Waals surface area contributed by atoms with E-state index in [9.17, 15) is 0 Å². The second-order valence-corrected chi connectivity index (χ2v) is 3.99. The number of aliphatic hydroxyl groups is 1. The largest absolute Gasteiger partial charge is 0.394 e. The van der Waals surface area contributed by atoms with Crippen LogP contribution in [0, 0.1) is 0 Å². The lowest BCUT2D eigenvalue weighted by molar-refractivity contribution is 0.269. The normalized spacial score (nSPS) is 10.5. The zero-order valence-corrected chi connectivity index (χ0v) is 9.55. The van der Waals surface area contributed by atoms with Crippen molar-refractivity contribution in [3.05, 3.63) is 34.9 Å². The summed E-state index contributed by atoms with van der Waals surface area (Å²) in [5.74, 6) is 0. The van der Waals surface area contributed by atoms with Gasteiger partial charge in [-0.3, -0.25) is 0 Å². The first-order valence-corrected chi connectivity index (χ1v) is 5.36. The van der Waals surface area contributed by atoms with E-state index in [0.717, 1.165) is 15.7 Å². The van der Waals surface area contributed by atoms with Crippen LogP contribution in [0.5, 0.6) is 0 Å². The molecule has 0 amide bonds. The second-order valence-electron chi connectivity index (χ2n) is 3.08. The van der Waals surface area contributed by atoms with E-state index >= 15 is 0 Å². The van der Waals surface area contributed by atoms with E-state index in [1.165, 1.54) is 0 Å². The molecule has 2 rings (SSSR count). The van der Waals surface area contributed by atoms with Crippen LogP contribution in [-0.4, -0.2) is 26.7 Å². The van der Waals surface area contributed by atoms with Crippen LogP contribution in [0.4, 0.5) is 0 Å². The van der Waals surface area contributed by atoms with E-state index in [4.69, 9.17) is 5.11 Å². The Morgan fingerprint density at radius 2 is 2.27 bits per heavy atom. The van der Waals surface area contributed by atoms with E-state index < -0.39 is 0 Å². The smallest absolute Gasteiger partial charge is 0.0886 e. The van der Waals surface area contributed by atoms with Gasteiger partial charge >= 0.3 is 0 Å². The van der Waals surface area contributed by atoms with Crippen LogP contribution >= 0.6 is 15.9 Å². The standard InChI is InChI=1S/C10H10BrN3O/c11-9-3-1-2-8(6-9)10-7-12-13-14(10)4-5-15/h1-3,6-7,15H,4-5H2. The SMILES string of the molecule is OCCn1nncc1-c1cccc(Br)c1. The minimum absolute atomic E-state index is 0.0599. The zero-order valence-electron chi connectivity index (χ0n) is 7.97. The topological polar surface area (TPSA) is 50.9 Å². The van der Waals surface area contributed by atoms with Crippen molar-refractivity contribution in [2.45, 2.75) is 6.54 Å². The predicted octanol–water partition coefficient (Wildman–Crippen LogP) is 1.70. The maximum Gasteiger partial charge on any atom is 0.0886 e. The fourth-order valence-electron chi connectivity index (χ4n) is 1.39. The van der Waals surface area contributed by atoms with E-state index in [2.05, 4.69) is 26.2 Å². The molecule has 0 radical (unpaired) electrons. The Kier molecular flexibility index (Phi) is 3.13. The van der Waals surface area contributed by atoms with Crippen molar-refractivity contribution in [3.8, 4) is 11.3 Å². The highest BCUT2D eigenvalue weighted by molar-refractivity contribution is 9.10. The van der Waals surface area contributed by atoms with E-state index in [-0.39, 0.29) is 6.61 Å². The van der Waals surface area contributed by atoms with Crippen LogP contribution in [-0.2, 0) is 6.54 Å². The maximum absolute atomic E-state index is 8.87. The third-order valence-electron chi connectivity index (χ3n) is 2.05. The summed E-state index contributed by atoms with van der Waals surface area (Å²) in [6.07, 6.45) is 1.69. The van der Waals surface area contributed by atoms with Crippen molar-refractivity contribution >= 4 is 15.9 Å². The number of aromatic nitrogens is 3. The molecule has 1 aromatic carbocycles. The molecule has 1 heterocycles. The summed E-state index contributed by atoms with van der Waals surface area (Å²) in [7, 11) is 0. The Morgan fingerprint density at radius 3 is 3.00 bits per heavy atom. The van der Waals surface area contributed by atoms with E-state index in [1.54, 1.807) is 10.9 Å². The highest BCUT2D eigenvalue weighted by Crippen LogP contribution is 2.21. The van der Waals surface area contributed by atoms with Gasteiger partial charge in [-0.05, 0) is 12.1 Å². The van der Waals surface area contributed by atoms with Gasteiger partial charge in [-0.25, -0.2) is 4.68 Å². The molecule has 0 aliphatic carbocycles. The lowest BCUT2D eigenvalue weighted by atomic mass is 10.2. The number of halogens is 1. The summed E-state index contributed by atoms with van der Waals surface area (Å²) >= 11 is 3.41. The molecule has 0 saturated carbocycles. The van der Waals surface area contributed by atoms with E-state index in [0.29, 0.717) is 6.54 Å². The first kappa shape index (κ1) is 10.3. The van der Waals surface area contributed by atoms with Crippen LogP contribution < -0.4 is 0 Å². The van der Waals surface area contributed by atoms with E-state index in [1.807, 2.05) is 24.3 Å². The highest BCUT2D eigenvalue weighted by Gasteiger charge is 2.05. The van der Waals surface area contributed by atoms with Crippen LogP contribution in [0.2, 0.25) is 0 Å². The van der Waals surface area contributed by atoms with Crippen LogP contribution in [0.15, 0.2) is 34.9 Å². The molecule has 0 unspecified atom stereocenters. The van der Waals surface area contributed by atoms with Crippen molar-refractivity contribution < 1.29 is 5.11 Å². The molecule has 4 nitrogen and oxygen atoms in total. The number of nitrogens with zero attached hydrogens (tertiary/aromatic N) is 3. The quantitative estimate of drug-likeness (QED) is 0.921. The van der Waals surface area contributed by atoms with Crippen molar-refractivity contribution in [2.24, 2.45) is 0 Å². The molecule has 0 aliphatic rings. The summed E-state index contributed by atoms with van der Waals surface area (Å²) in [5.41, 5.74) is 1.94. The van der Waals surface area contributed by atoms with Gasteiger partial charge in [0.05, 0.1) is 25.0 Å². The minimum atomic E-state index is 0.0599. The van der Waals surface area contributed by atoms with Gasteiger partial charge in [-0.15, -0.1) is 5.10 Å². The molecule has 78 valence electrons. The Balaban J connectivity index is 2.40. The van der Waals surface area contributed by atoms with Crippen LogP contribution in [0.3, 0.4) is 0 Å². The fraction of sp³-hybridized carbons (Fsp3) is 0.200. The monoisotopic (exact) mass is 267 g/mol. The number of benzene rings is 1. The number of aliphatic hydroxyl groups excluding tert-OH is 1. The van der Waals surface area contributed by atoms with Crippen molar-refractivity contribution in [1.29, 1.82) is 0 Å². The van der Waals surface area contributed by atoms with Gasteiger partial charge in [0.2, 0.25) is 0 Å². The van der Waals surface area contributed by atoms with Crippen molar-refractivity contribution in [2.75, 3.05) is 6.61 Å². The number of hydrogen-bond donors (Lipinski definition) is 1. The summed E-state index contributed by atoms with van der Waals surface area (Å²) in [5, 5.41) is 16.6. The van der Waals surface area contributed by atoms with Gasteiger partial charge in [-0.2, -0.15) is 0 Å². The first-order chi connectivity index (χ1) is 7.31. The third kappa shape index (κ3) is 2.24. The fourth-order valence-corrected chi connectivity index (χ4v) is 1.79. The van der Waals surface area contributed by atoms with Gasteiger partial charge in [0, 0.05) is 10.0 Å².